The molecule has 17 heavy (non-hydrogen) atoms. The van der Waals surface area contributed by atoms with E-state index in [0.29, 0.717) is 0 Å². The molecule has 0 fully saturated rings. The minimum absolute atomic E-state index is 0.127. The van der Waals surface area contributed by atoms with Crippen LogP contribution >= 0.6 is 0 Å². The third kappa shape index (κ3) is 2.18. The zero-order valence-corrected chi connectivity index (χ0v) is 10.4. The van der Waals surface area contributed by atoms with Gasteiger partial charge in [-0.1, -0.05) is 51.1 Å². The molecule has 4 heteroatoms. The molecule has 0 aromatic heterocycles. The number of methoxy groups -OCH3 is 1. The number of hydrogen-bond acceptors (Lipinski definition) is 1. The van der Waals surface area contributed by atoms with Gasteiger partial charge < -0.3 is 4.74 Å². The van der Waals surface area contributed by atoms with Crippen molar-refractivity contribution in [1.82, 2.24) is 0 Å². The quantitative estimate of drug-likeness (QED) is 0.762. The van der Waals surface area contributed by atoms with E-state index in [-0.39, 0.29) is 5.56 Å². The summed E-state index contributed by atoms with van der Waals surface area (Å²) in [5.74, 6) is 0. The van der Waals surface area contributed by atoms with Crippen LogP contribution in [-0.2, 0) is 10.3 Å². The lowest BCUT2D eigenvalue weighted by atomic mass is 9.71. The summed E-state index contributed by atoms with van der Waals surface area (Å²) in [7, 11) is 1.10. The van der Waals surface area contributed by atoms with Crippen LogP contribution in [0.2, 0.25) is 0 Å². The lowest BCUT2D eigenvalue weighted by Gasteiger charge is -2.44. The van der Waals surface area contributed by atoms with E-state index in [0.717, 1.165) is 7.11 Å². The van der Waals surface area contributed by atoms with Crippen LogP contribution in [0.3, 0.4) is 0 Å². The summed E-state index contributed by atoms with van der Waals surface area (Å²) in [6, 6.07) is 7.74. The molecule has 0 aliphatic heterocycles. The van der Waals surface area contributed by atoms with E-state index in [1.54, 1.807) is 18.2 Å². The maximum atomic E-state index is 13.4. The lowest BCUT2D eigenvalue weighted by molar-refractivity contribution is -0.312. The molecule has 1 rings (SSSR count). The Morgan fingerprint density at radius 3 is 1.71 bits per heavy atom. The van der Waals surface area contributed by atoms with Gasteiger partial charge in [0.05, 0.1) is 0 Å². The Bertz CT molecular complexity index is 348. The molecule has 1 aromatic carbocycles. The Balaban J connectivity index is 3.49. The molecule has 0 amide bonds. The monoisotopic (exact) mass is 246 g/mol. The highest BCUT2D eigenvalue weighted by Crippen LogP contribution is 2.52. The first kappa shape index (κ1) is 14.0. The summed E-state index contributed by atoms with van der Waals surface area (Å²) in [4.78, 5) is 0. The zero-order valence-electron chi connectivity index (χ0n) is 10.4. The van der Waals surface area contributed by atoms with Crippen molar-refractivity contribution in [2.75, 3.05) is 7.11 Å². The Kier molecular flexibility index (Phi) is 3.58. The van der Waals surface area contributed by atoms with Crippen molar-refractivity contribution in [3.8, 4) is 0 Å². The Hall–Kier alpha value is -1.03. The lowest BCUT2D eigenvalue weighted by Crippen LogP contribution is -2.53. The van der Waals surface area contributed by atoms with Crippen LogP contribution in [0, 0.1) is 5.41 Å². The molecule has 0 N–H and O–H groups in total. The van der Waals surface area contributed by atoms with Gasteiger partial charge in [-0.05, 0) is 5.56 Å². The minimum atomic E-state index is -4.47. The van der Waals surface area contributed by atoms with Gasteiger partial charge in [-0.2, -0.15) is 13.2 Å². The molecule has 0 radical (unpaired) electrons. The molecule has 0 aliphatic carbocycles. The fourth-order valence-corrected chi connectivity index (χ4v) is 2.23. The molecule has 0 saturated carbocycles. The molecule has 96 valence electrons. The minimum Gasteiger partial charge on any atom is -0.364 e. The zero-order chi connectivity index (χ0) is 13.3. The number of benzene rings is 1. The van der Waals surface area contributed by atoms with Gasteiger partial charge in [0.1, 0.15) is 0 Å². The van der Waals surface area contributed by atoms with Gasteiger partial charge >= 0.3 is 6.18 Å². The van der Waals surface area contributed by atoms with Crippen molar-refractivity contribution in [3.05, 3.63) is 35.9 Å². The highest BCUT2D eigenvalue weighted by atomic mass is 19.4. The third-order valence-corrected chi connectivity index (χ3v) is 2.94. The normalized spacial score (nSPS) is 16.6. The van der Waals surface area contributed by atoms with Crippen molar-refractivity contribution in [1.29, 1.82) is 0 Å². The number of rotatable bonds is 2. The molecular formula is C13H17F3O. The second-order valence-electron chi connectivity index (χ2n) is 5.00. The van der Waals surface area contributed by atoms with E-state index in [1.165, 1.54) is 32.9 Å². The first-order chi connectivity index (χ1) is 7.67. The highest BCUT2D eigenvalue weighted by molar-refractivity contribution is 5.27. The molecule has 0 saturated heterocycles. The van der Waals surface area contributed by atoms with Crippen molar-refractivity contribution in [2.24, 2.45) is 5.41 Å². The van der Waals surface area contributed by atoms with Gasteiger partial charge in [-0.3, -0.25) is 0 Å². The van der Waals surface area contributed by atoms with Gasteiger partial charge in [0.2, 0.25) is 0 Å². The van der Waals surface area contributed by atoms with E-state index in [2.05, 4.69) is 0 Å². The molecule has 0 heterocycles. The van der Waals surface area contributed by atoms with Gasteiger partial charge in [0.25, 0.3) is 0 Å². The van der Waals surface area contributed by atoms with Crippen LogP contribution in [0.4, 0.5) is 13.2 Å². The van der Waals surface area contributed by atoms with Crippen LogP contribution in [0.25, 0.3) is 0 Å². The van der Waals surface area contributed by atoms with Gasteiger partial charge in [-0.25, -0.2) is 0 Å². The fourth-order valence-electron chi connectivity index (χ4n) is 2.23. The maximum absolute atomic E-state index is 13.4. The number of halogens is 3. The fraction of sp³-hybridized carbons (Fsp3) is 0.538. The maximum Gasteiger partial charge on any atom is 0.422 e. The average Bonchev–Trinajstić information content (AvgIpc) is 2.16. The highest BCUT2D eigenvalue weighted by Gasteiger charge is 2.63. The Labute approximate surface area is 99.6 Å². The molecule has 0 aliphatic rings. The van der Waals surface area contributed by atoms with Crippen molar-refractivity contribution < 1.29 is 17.9 Å². The first-order valence-corrected chi connectivity index (χ1v) is 5.34. The summed E-state index contributed by atoms with van der Waals surface area (Å²) in [5.41, 5.74) is -3.26. The van der Waals surface area contributed by atoms with E-state index in [1.807, 2.05) is 0 Å². The van der Waals surface area contributed by atoms with E-state index < -0.39 is 17.2 Å². The van der Waals surface area contributed by atoms with Gasteiger partial charge in [0.15, 0.2) is 5.60 Å². The summed E-state index contributed by atoms with van der Waals surface area (Å²) >= 11 is 0. The van der Waals surface area contributed by atoms with Gasteiger partial charge in [-0.15, -0.1) is 0 Å². The van der Waals surface area contributed by atoms with Crippen molar-refractivity contribution in [2.45, 2.75) is 32.5 Å². The SMILES string of the molecule is COC(c1ccccc1)(C(C)(C)C)C(F)(F)F. The predicted octanol–water partition coefficient (Wildman–Crippen LogP) is 4.14. The molecule has 1 nitrogen and oxygen atoms in total. The summed E-state index contributed by atoms with van der Waals surface area (Å²) < 4.78 is 45.2. The Morgan fingerprint density at radius 1 is 0.941 bits per heavy atom. The van der Waals surface area contributed by atoms with Crippen LogP contribution in [0.5, 0.6) is 0 Å². The van der Waals surface area contributed by atoms with E-state index >= 15 is 0 Å². The first-order valence-electron chi connectivity index (χ1n) is 5.34. The summed E-state index contributed by atoms with van der Waals surface area (Å²) in [5, 5.41) is 0. The summed E-state index contributed by atoms with van der Waals surface area (Å²) in [6.07, 6.45) is -4.47. The topological polar surface area (TPSA) is 9.23 Å². The Morgan fingerprint density at radius 2 is 1.41 bits per heavy atom. The van der Waals surface area contributed by atoms with Gasteiger partial charge in [0, 0.05) is 12.5 Å². The smallest absolute Gasteiger partial charge is 0.364 e. The standard InChI is InChI=1S/C13H17F3O/c1-11(2,3)12(17-4,13(14,15)16)10-8-6-5-7-9-10/h5-9H,1-4H3. The second kappa shape index (κ2) is 4.33. The third-order valence-electron chi connectivity index (χ3n) is 2.94. The molecule has 1 unspecified atom stereocenters. The average molecular weight is 246 g/mol. The molecule has 0 spiro atoms. The second-order valence-corrected chi connectivity index (χ2v) is 5.00. The number of alkyl halides is 3. The van der Waals surface area contributed by atoms with E-state index in [4.69, 9.17) is 4.74 Å². The molecule has 1 atom stereocenters. The number of ether oxygens (including phenoxy) is 1. The van der Waals surface area contributed by atoms with E-state index in [9.17, 15) is 13.2 Å². The van der Waals surface area contributed by atoms with Crippen molar-refractivity contribution >= 4 is 0 Å². The van der Waals surface area contributed by atoms with Crippen LogP contribution in [0.1, 0.15) is 26.3 Å². The summed E-state index contributed by atoms with van der Waals surface area (Å²) in [6.45, 7) is 4.57. The molecule has 0 bridgehead atoms. The molecule has 1 aromatic rings. The van der Waals surface area contributed by atoms with Crippen LogP contribution in [0.15, 0.2) is 30.3 Å². The van der Waals surface area contributed by atoms with Crippen LogP contribution in [-0.4, -0.2) is 13.3 Å². The predicted molar refractivity (Wildman–Crippen MR) is 60.6 cm³/mol. The van der Waals surface area contributed by atoms with Crippen LogP contribution < -0.4 is 0 Å². The number of hydrogen-bond donors (Lipinski definition) is 0. The molecular weight excluding hydrogens is 229 g/mol. The van der Waals surface area contributed by atoms with Crippen molar-refractivity contribution in [3.63, 3.8) is 0 Å². The largest absolute Gasteiger partial charge is 0.422 e.